The van der Waals surface area contributed by atoms with Crippen molar-refractivity contribution in [3.8, 4) is 6.07 Å². The van der Waals surface area contributed by atoms with Crippen LogP contribution in [0.2, 0.25) is 0 Å². The van der Waals surface area contributed by atoms with Crippen LogP contribution in [-0.2, 0) is 6.54 Å². The maximum absolute atomic E-state index is 12.3. The van der Waals surface area contributed by atoms with Gasteiger partial charge in [0.25, 0.3) is 0 Å². The Morgan fingerprint density at radius 3 is 2.50 bits per heavy atom. The molecule has 24 heavy (non-hydrogen) atoms. The molecule has 6 nitrogen and oxygen atoms in total. The Kier molecular flexibility index (Phi) is 5.04. The van der Waals surface area contributed by atoms with E-state index >= 15 is 0 Å². The first-order chi connectivity index (χ1) is 11.7. The molecule has 122 valence electrons. The van der Waals surface area contributed by atoms with Gasteiger partial charge in [0.05, 0.1) is 17.3 Å². The SMILES string of the molecule is N#Cc1ccc(NC(=O)N2CCN(Cc3ccccn3)CC2)cc1. The lowest BCUT2D eigenvalue weighted by Gasteiger charge is -2.34. The summed E-state index contributed by atoms with van der Waals surface area (Å²) in [5, 5.41) is 11.7. The normalized spacial score (nSPS) is 14.9. The second-order valence-corrected chi connectivity index (χ2v) is 5.70. The van der Waals surface area contributed by atoms with Gasteiger partial charge < -0.3 is 10.2 Å². The molecule has 1 aliphatic rings. The van der Waals surface area contributed by atoms with Crippen LogP contribution in [0.15, 0.2) is 48.7 Å². The number of benzene rings is 1. The quantitative estimate of drug-likeness (QED) is 0.941. The topological polar surface area (TPSA) is 72.3 Å². The maximum Gasteiger partial charge on any atom is 0.321 e. The van der Waals surface area contributed by atoms with Gasteiger partial charge in [0.1, 0.15) is 0 Å². The van der Waals surface area contributed by atoms with E-state index in [4.69, 9.17) is 5.26 Å². The van der Waals surface area contributed by atoms with Gasteiger partial charge in [0, 0.05) is 44.6 Å². The third kappa shape index (κ3) is 4.09. The van der Waals surface area contributed by atoms with Gasteiger partial charge in [-0.3, -0.25) is 9.88 Å². The van der Waals surface area contributed by atoms with E-state index in [1.807, 2.05) is 23.1 Å². The molecule has 1 aliphatic heterocycles. The number of anilines is 1. The number of nitriles is 1. The standard InChI is InChI=1S/C18H19N5O/c19-13-15-4-6-16(7-5-15)21-18(24)23-11-9-22(10-12-23)14-17-3-1-2-8-20-17/h1-8H,9-12,14H2,(H,21,24). The first-order valence-electron chi connectivity index (χ1n) is 7.93. The number of amides is 2. The van der Waals surface area contributed by atoms with Crippen LogP contribution in [0.4, 0.5) is 10.5 Å². The van der Waals surface area contributed by atoms with Gasteiger partial charge in [-0.25, -0.2) is 4.79 Å². The lowest BCUT2D eigenvalue weighted by molar-refractivity contribution is 0.142. The van der Waals surface area contributed by atoms with E-state index in [1.165, 1.54) is 0 Å². The van der Waals surface area contributed by atoms with Crippen LogP contribution in [0.5, 0.6) is 0 Å². The molecule has 0 saturated carbocycles. The predicted molar refractivity (Wildman–Crippen MR) is 91.3 cm³/mol. The molecule has 1 N–H and O–H groups in total. The lowest BCUT2D eigenvalue weighted by Crippen LogP contribution is -2.49. The van der Waals surface area contributed by atoms with Gasteiger partial charge in [-0.15, -0.1) is 0 Å². The summed E-state index contributed by atoms with van der Waals surface area (Å²) in [5.41, 5.74) is 2.33. The van der Waals surface area contributed by atoms with Gasteiger partial charge in [0.2, 0.25) is 0 Å². The maximum atomic E-state index is 12.3. The first kappa shape index (κ1) is 16.0. The molecule has 0 bridgehead atoms. The van der Waals surface area contributed by atoms with Gasteiger partial charge >= 0.3 is 6.03 Å². The molecule has 2 aromatic rings. The Hall–Kier alpha value is -2.91. The van der Waals surface area contributed by atoms with Crippen molar-refractivity contribution in [2.75, 3.05) is 31.5 Å². The first-order valence-corrected chi connectivity index (χ1v) is 7.93. The van der Waals surface area contributed by atoms with Crippen molar-refractivity contribution in [2.45, 2.75) is 6.54 Å². The van der Waals surface area contributed by atoms with Crippen LogP contribution in [-0.4, -0.2) is 47.0 Å². The number of carbonyl (C=O) groups excluding carboxylic acids is 1. The molecule has 2 amide bonds. The number of hydrogen-bond donors (Lipinski definition) is 1. The van der Waals surface area contributed by atoms with Gasteiger partial charge in [-0.2, -0.15) is 5.26 Å². The van der Waals surface area contributed by atoms with E-state index in [0.29, 0.717) is 24.3 Å². The largest absolute Gasteiger partial charge is 0.322 e. The number of carbonyl (C=O) groups is 1. The number of urea groups is 1. The number of piperazine rings is 1. The van der Waals surface area contributed by atoms with Gasteiger partial charge in [0.15, 0.2) is 0 Å². The molecule has 3 rings (SSSR count). The van der Waals surface area contributed by atoms with Crippen molar-refractivity contribution in [3.05, 3.63) is 59.9 Å². The highest BCUT2D eigenvalue weighted by Crippen LogP contribution is 2.12. The third-order valence-electron chi connectivity index (χ3n) is 4.04. The van der Waals surface area contributed by atoms with Crippen molar-refractivity contribution in [1.82, 2.24) is 14.8 Å². The highest BCUT2D eigenvalue weighted by Gasteiger charge is 2.21. The van der Waals surface area contributed by atoms with Crippen LogP contribution in [0.1, 0.15) is 11.3 Å². The molecule has 1 aromatic heterocycles. The monoisotopic (exact) mass is 321 g/mol. The summed E-state index contributed by atoms with van der Waals surface area (Å²) in [6.07, 6.45) is 1.80. The Labute approximate surface area is 141 Å². The van der Waals surface area contributed by atoms with Crippen LogP contribution in [0, 0.1) is 11.3 Å². The zero-order valence-electron chi connectivity index (χ0n) is 13.4. The summed E-state index contributed by atoms with van der Waals surface area (Å²) in [7, 11) is 0. The Morgan fingerprint density at radius 2 is 1.88 bits per heavy atom. The fraction of sp³-hybridized carbons (Fsp3) is 0.278. The highest BCUT2D eigenvalue weighted by atomic mass is 16.2. The van der Waals surface area contributed by atoms with Crippen LogP contribution in [0.25, 0.3) is 0 Å². The number of nitrogens with one attached hydrogen (secondary N) is 1. The molecule has 2 heterocycles. The number of pyridine rings is 1. The highest BCUT2D eigenvalue weighted by molar-refractivity contribution is 5.89. The number of aromatic nitrogens is 1. The summed E-state index contributed by atoms with van der Waals surface area (Å²) in [4.78, 5) is 20.8. The van der Waals surface area contributed by atoms with Crippen molar-refractivity contribution in [3.63, 3.8) is 0 Å². The molecule has 1 aromatic carbocycles. The van der Waals surface area contributed by atoms with Crippen LogP contribution >= 0.6 is 0 Å². The molecule has 0 unspecified atom stereocenters. The molecule has 0 atom stereocenters. The second kappa shape index (κ2) is 7.57. The van der Waals surface area contributed by atoms with Gasteiger partial charge in [-0.1, -0.05) is 6.07 Å². The van der Waals surface area contributed by atoms with Crippen LogP contribution in [0.3, 0.4) is 0 Å². The van der Waals surface area contributed by atoms with Crippen LogP contribution < -0.4 is 5.32 Å². The molecular weight excluding hydrogens is 302 g/mol. The molecule has 0 aliphatic carbocycles. The molecular formula is C18H19N5O. The summed E-state index contributed by atoms with van der Waals surface area (Å²) >= 11 is 0. The molecule has 1 saturated heterocycles. The predicted octanol–water partition coefficient (Wildman–Crippen LogP) is 2.30. The Balaban J connectivity index is 1.48. The average Bonchev–Trinajstić information content (AvgIpc) is 2.64. The second-order valence-electron chi connectivity index (χ2n) is 5.70. The number of nitrogens with zero attached hydrogens (tertiary/aromatic N) is 4. The summed E-state index contributed by atoms with van der Waals surface area (Å²) in [6.45, 7) is 3.85. The molecule has 0 spiro atoms. The minimum atomic E-state index is -0.0998. The summed E-state index contributed by atoms with van der Waals surface area (Å²) < 4.78 is 0. The lowest BCUT2D eigenvalue weighted by atomic mass is 10.2. The minimum Gasteiger partial charge on any atom is -0.322 e. The van der Waals surface area contributed by atoms with Crippen molar-refractivity contribution < 1.29 is 4.79 Å². The fourth-order valence-corrected chi connectivity index (χ4v) is 2.66. The number of rotatable bonds is 3. The summed E-state index contributed by atoms with van der Waals surface area (Å²) in [6, 6.07) is 14.8. The summed E-state index contributed by atoms with van der Waals surface area (Å²) in [5.74, 6) is 0. The third-order valence-corrected chi connectivity index (χ3v) is 4.04. The Bertz CT molecular complexity index is 715. The van der Waals surface area contributed by atoms with E-state index < -0.39 is 0 Å². The van der Waals surface area contributed by atoms with E-state index in [2.05, 4.69) is 21.3 Å². The van der Waals surface area contributed by atoms with Crippen molar-refractivity contribution >= 4 is 11.7 Å². The minimum absolute atomic E-state index is 0.0998. The zero-order valence-corrected chi connectivity index (χ0v) is 13.4. The molecule has 1 fully saturated rings. The van der Waals surface area contributed by atoms with E-state index in [1.54, 1.807) is 30.5 Å². The van der Waals surface area contributed by atoms with E-state index in [-0.39, 0.29) is 6.03 Å². The molecule has 6 heteroatoms. The Morgan fingerprint density at radius 1 is 1.12 bits per heavy atom. The molecule has 0 radical (unpaired) electrons. The number of hydrogen-bond acceptors (Lipinski definition) is 4. The van der Waals surface area contributed by atoms with E-state index in [0.717, 1.165) is 25.3 Å². The van der Waals surface area contributed by atoms with E-state index in [9.17, 15) is 4.79 Å². The van der Waals surface area contributed by atoms with Gasteiger partial charge in [-0.05, 0) is 36.4 Å². The van der Waals surface area contributed by atoms with Crippen molar-refractivity contribution in [1.29, 1.82) is 5.26 Å². The average molecular weight is 321 g/mol. The van der Waals surface area contributed by atoms with Crippen molar-refractivity contribution in [2.24, 2.45) is 0 Å². The zero-order chi connectivity index (χ0) is 16.8. The smallest absolute Gasteiger partial charge is 0.321 e. The fourth-order valence-electron chi connectivity index (χ4n) is 2.66.